The minimum atomic E-state index is 1.12. The maximum Gasteiger partial charge on any atom is 0.269 e. The minimum Gasteiger partial charge on any atom is -0.292 e. The van der Waals surface area contributed by atoms with Crippen LogP contribution in [-0.2, 0) is 0 Å². The predicted octanol–water partition coefficient (Wildman–Crippen LogP) is 4.92. The molecule has 2 aromatic heterocycles. The average molecular weight is 326 g/mol. The van der Waals surface area contributed by atoms with Crippen LogP contribution in [0.3, 0.4) is 0 Å². The van der Waals surface area contributed by atoms with Gasteiger partial charge in [0.1, 0.15) is 0 Å². The van der Waals surface area contributed by atoms with Gasteiger partial charge in [0, 0.05) is 15.5 Å². The Labute approximate surface area is 143 Å². The number of fused-ring (bicyclic) bond motifs is 2. The van der Waals surface area contributed by atoms with Gasteiger partial charge in [0.05, 0.1) is 22.4 Å². The van der Waals surface area contributed by atoms with Crippen molar-refractivity contribution in [2.75, 3.05) is 0 Å². The fourth-order valence-electron chi connectivity index (χ4n) is 3.14. The first-order chi connectivity index (χ1) is 11.9. The summed E-state index contributed by atoms with van der Waals surface area (Å²) in [6, 6.07) is 27.3. The molecule has 0 saturated carbocycles. The zero-order valence-electron chi connectivity index (χ0n) is 12.9. The second-order valence-electron chi connectivity index (χ2n) is 5.71. The van der Waals surface area contributed by atoms with Gasteiger partial charge in [-0.1, -0.05) is 60.7 Å². The number of rotatable bonds is 2. The summed E-state index contributed by atoms with van der Waals surface area (Å²) in [7, 11) is 0. The highest BCUT2D eigenvalue weighted by molar-refractivity contribution is 7.17. The molecular weight excluding hydrogens is 312 g/mol. The fourth-order valence-corrected chi connectivity index (χ4v) is 4.07. The van der Waals surface area contributed by atoms with Gasteiger partial charge in [0.25, 0.3) is 6.33 Å². The third kappa shape index (κ3) is 1.99. The lowest BCUT2D eigenvalue weighted by molar-refractivity contribution is -0.572. The lowest BCUT2D eigenvalue weighted by Crippen LogP contribution is -2.29. The van der Waals surface area contributed by atoms with Crippen molar-refractivity contribution >= 4 is 32.5 Å². The van der Waals surface area contributed by atoms with E-state index in [2.05, 4.69) is 93.6 Å². The highest BCUT2D eigenvalue weighted by atomic mass is 32.1. The van der Waals surface area contributed by atoms with Crippen molar-refractivity contribution < 1.29 is 4.57 Å². The zero-order chi connectivity index (χ0) is 15.9. The molecule has 0 bridgehead atoms. The minimum absolute atomic E-state index is 1.12. The average Bonchev–Trinajstić information content (AvgIpc) is 3.24. The fraction of sp³-hybridized carbons (Fsp3) is 0. The topological polar surface area (TPSA) is 8.81 Å². The molecule has 5 aromatic rings. The van der Waals surface area contributed by atoms with E-state index in [-0.39, 0.29) is 0 Å². The number of thiophene rings is 1. The number of imidazole rings is 1. The van der Waals surface area contributed by atoms with Gasteiger partial charge in [-0.05, 0) is 18.2 Å². The molecule has 0 atom stereocenters. The molecule has 0 unspecified atom stereocenters. The van der Waals surface area contributed by atoms with Crippen LogP contribution in [-0.4, -0.2) is 4.57 Å². The third-order valence-electron chi connectivity index (χ3n) is 4.28. The van der Waals surface area contributed by atoms with E-state index in [1.165, 1.54) is 15.8 Å². The Kier molecular flexibility index (Phi) is 3.00. The molecule has 0 aliphatic heterocycles. The smallest absolute Gasteiger partial charge is 0.269 e. The Morgan fingerprint density at radius 2 is 1.54 bits per heavy atom. The highest BCUT2D eigenvalue weighted by Crippen LogP contribution is 2.30. The van der Waals surface area contributed by atoms with Crippen molar-refractivity contribution in [2.45, 2.75) is 0 Å². The van der Waals surface area contributed by atoms with Gasteiger partial charge in [0.15, 0.2) is 0 Å². The Morgan fingerprint density at radius 3 is 2.46 bits per heavy atom. The van der Waals surface area contributed by atoms with Crippen molar-refractivity contribution in [1.82, 2.24) is 4.57 Å². The molecule has 3 aromatic carbocycles. The van der Waals surface area contributed by atoms with Gasteiger partial charge in [0.2, 0.25) is 0 Å². The summed E-state index contributed by atoms with van der Waals surface area (Å²) in [6.07, 6.45) is 3.54. The van der Waals surface area contributed by atoms with Crippen LogP contribution in [0.1, 0.15) is 0 Å². The molecule has 2 heterocycles. The Morgan fingerprint density at radius 1 is 0.792 bits per heavy atom. The van der Waals surface area contributed by atoms with E-state index in [0.29, 0.717) is 0 Å². The van der Waals surface area contributed by atoms with Gasteiger partial charge >= 0.3 is 0 Å². The summed E-state index contributed by atoms with van der Waals surface area (Å²) >= 11 is 1.77. The number of hydrogen-bond donors (Lipinski definition) is 0. The first-order valence-electron chi connectivity index (χ1n) is 7.89. The predicted molar refractivity (Wildman–Crippen MR) is 99.0 cm³/mol. The molecule has 0 aliphatic rings. The van der Waals surface area contributed by atoms with Gasteiger partial charge in [-0.25, -0.2) is 0 Å². The molecule has 114 valence electrons. The summed E-state index contributed by atoms with van der Waals surface area (Å²) < 4.78 is 5.59. The van der Waals surface area contributed by atoms with E-state index in [0.717, 1.165) is 16.7 Å². The van der Waals surface area contributed by atoms with Crippen LogP contribution in [0.2, 0.25) is 0 Å². The molecule has 5 rings (SSSR count). The zero-order valence-corrected chi connectivity index (χ0v) is 13.7. The molecule has 0 N–H and O–H groups in total. The maximum absolute atomic E-state index is 3.54. The normalized spacial score (nSPS) is 11.3. The number of para-hydroxylation sites is 3. The number of nitrogens with zero attached hydrogens (tertiary/aromatic N) is 2. The molecule has 0 radical (unpaired) electrons. The molecule has 24 heavy (non-hydrogen) atoms. The monoisotopic (exact) mass is 326 g/mol. The molecule has 0 aliphatic carbocycles. The summed E-state index contributed by atoms with van der Waals surface area (Å²) in [5.74, 6) is 0. The standard InChI is InChI=1S/C21H14N2S/c1-2-8-16(9-3-1)22-15-23(19-12-6-5-11-18(19)22)20-14-24-21-13-7-4-10-17(20)21/h1-14H. The van der Waals surface area contributed by atoms with Crippen molar-refractivity contribution in [1.29, 1.82) is 0 Å². The lowest BCUT2D eigenvalue weighted by atomic mass is 10.2. The van der Waals surface area contributed by atoms with Crippen LogP contribution in [0.15, 0.2) is 84.2 Å². The van der Waals surface area contributed by atoms with Crippen LogP contribution < -0.4 is 4.57 Å². The molecule has 0 amide bonds. The van der Waals surface area contributed by atoms with Crippen LogP contribution in [0.5, 0.6) is 0 Å². The summed E-state index contributed by atoms with van der Waals surface area (Å²) in [5.41, 5.74) is 4.61. The van der Waals surface area contributed by atoms with Gasteiger partial charge < -0.3 is 0 Å². The third-order valence-corrected chi connectivity index (χ3v) is 5.23. The number of hydrogen-bond acceptors (Lipinski definition) is 1. The van der Waals surface area contributed by atoms with E-state index in [1.807, 2.05) is 6.07 Å². The van der Waals surface area contributed by atoms with Gasteiger partial charge in [-0.2, -0.15) is 0 Å². The van der Waals surface area contributed by atoms with E-state index in [1.54, 1.807) is 11.3 Å². The van der Waals surface area contributed by atoms with Crippen LogP contribution in [0.25, 0.3) is 32.5 Å². The number of aromatic nitrogens is 2. The molecule has 2 nitrogen and oxygen atoms in total. The molecule has 3 heteroatoms. The summed E-state index contributed by atoms with van der Waals surface area (Å²) in [4.78, 5) is 0. The van der Waals surface area contributed by atoms with Crippen molar-refractivity contribution in [3.05, 3.63) is 90.6 Å². The van der Waals surface area contributed by atoms with Crippen LogP contribution in [0, 0.1) is 6.33 Å². The van der Waals surface area contributed by atoms with Crippen molar-refractivity contribution in [3.8, 4) is 11.4 Å². The molecule has 0 fully saturated rings. The maximum atomic E-state index is 3.54. The van der Waals surface area contributed by atoms with E-state index in [9.17, 15) is 0 Å². The quantitative estimate of drug-likeness (QED) is 0.321. The van der Waals surface area contributed by atoms with Crippen molar-refractivity contribution in [2.24, 2.45) is 0 Å². The van der Waals surface area contributed by atoms with E-state index >= 15 is 0 Å². The second-order valence-corrected chi connectivity index (χ2v) is 6.62. The van der Waals surface area contributed by atoms with Gasteiger partial charge in [-0.3, -0.25) is 9.13 Å². The van der Waals surface area contributed by atoms with E-state index in [4.69, 9.17) is 0 Å². The molecule has 0 spiro atoms. The van der Waals surface area contributed by atoms with Crippen LogP contribution >= 0.6 is 11.3 Å². The summed E-state index contributed by atoms with van der Waals surface area (Å²) in [5, 5.41) is 3.47. The van der Waals surface area contributed by atoms with Gasteiger partial charge in [-0.15, -0.1) is 11.3 Å². The summed E-state index contributed by atoms with van der Waals surface area (Å²) in [6.45, 7) is 0. The SMILES string of the molecule is [c-]1n(-c2csc3ccccc23)c2ccccc2[n+]1-c1ccccc1. The molecule has 0 saturated heterocycles. The van der Waals surface area contributed by atoms with E-state index < -0.39 is 0 Å². The Bertz CT molecular complexity index is 1150. The second kappa shape index (κ2) is 5.32. The lowest BCUT2D eigenvalue weighted by Gasteiger charge is -2.01. The molecular formula is C21H14N2S. The van der Waals surface area contributed by atoms with Crippen molar-refractivity contribution in [3.63, 3.8) is 0 Å². The highest BCUT2D eigenvalue weighted by Gasteiger charge is 2.14. The first-order valence-corrected chi connectivity index (χ1v) is 8.77. The largest absolute Gasteiger partial charge is 0.292 e. The van der Waals surface area contributed by atoms with Crippen LogP contribution in [0.4, 0.5) is 0 Å². The first kappa shape index (κ1) is 13.5. The number of benzene rings is 3. The Hall–Kier alpha value is -2.91. The Balaban J connectivity index is 1.84.